The van der Waals surface area contributed by atoms with Crippen molar-refractivity contribution in [2.45, 2.75) is 13.8 Å². The van der Waals surface area contributed by atoms with Gasteiger partial charge >= 0.3 is 5.13 Å². The van der Waals surface area contributed by atoms with Crippen molar-refractivity contribution in [3.05, 3.63) is 76.8 Å². The van der Waals surface area contributed by atoms with Crippen molar-refractivity contribution in [3.8, 4) is 0 Å². The number of benzene rings is 2. The summed E-state index contributed by atoms with van der Waals surface area (Å²) in [5, 5.41) is 13.8. The molecule has 4 rings (SSSR count). The fourth-order valence-electron chi connectivity index (χ4n) is 2.71. The topological polar surface area (TPSA) is 50.0 Å². The summed E-state index contributed by atoms with van der Waals surface area (Å²) in [7, 11) is 0. The molecule has 0 N–H and O–H groups in total. The molecule has 0 spiro atoms. The molecular weight excluding hydrogens is 318 g/mol. The molecule has 0 saturated heterocycles. The highest BCUT2D eigenvalue weighted by Crippen LogP contribution is 2.43. The predicted molar refractivity (Wildman–Crippen MR) is 97.3 cm³/mol. The molecule has 2 heterocycles. The van der Waals surface area contributed by atoms with E-state index in [0.717, 1.165) is 27.9 Å². The second kappa shape index (κ2) is 5.74. The second-order valence-electron chi connectivity index (χ2n) is 5.58. The van der Waals surface area contributed by atoms with Crippen LogP contribution in [0.4, 0.5) is 10.8 Å². The zero-order valence-electron chi connectivity index (χ0n) is 13.4. The van der Waals surface area contributed by atoms with Crippen molar-refractivity contribution in [2.24, 2.45) is 15.5 Å². The Morgan fingerprint density at radius 3 is 2.17 bits per heavy atom. The van der Waals surface area contributed by atoms with Gasteiger partial charge in [-0.2, -0.15) is 4.98 Å². The number of aromatic nitrogens is 1. The lowest BCUT2D eigenvalue weighted by molar-refractivity contribution is 0.571. The van der Waals surface area contributed by atoms with Crippen molar-refractivity contribution in [1.29, 1.82) is 0 Å². The first-order valence-electron chi connectivity index (χ1n) is 7.67. The molecule has 0 fully saturated rings. The van der Waals surface area contributed by atoms with Gasteiger partial charge in [-0.1, -0.05) is 52.8 Å². The summed E-state index contributed by atoms with van der Waals surface area (Å²) < 4.78 is 0.0736. The van der Waals surface area contributed by atoms with Crippen LogP contribution in [0.1, 0.15) is 16.1 Å². The van der Waals surface area contributed by atoms with E-state index >= 15 is 0 Å². The number of rotatable bonds is 3. The first-order chi connectivity index (χ1) is 11.7. The van der Waals surface area contributed by atoms with Gasteiger partial charge in [-0.3, -0.25) is 0 Å². The van der Waals surface area contributed by atoms with Gasteiger partial charge in [0.05, 0.1) is 16.5 Å². The number of thiazole rings is 1. The molecule has 0 bridgehead atoms. The van der Waals surface area contributed by atoms with E-state index in [2.05, 4.69) is 22.5 Å². The molecule has 118 valence electrons. The summed E-state index contributed by atoms with van der Waals surface area (Å²) in [5.74, 6) is 0.760. The number of quaternary nitrogens is 1. The summed E-state index contributed by atoms with van der Waals surface area (Å²) in [6, 6.07) is 20.1. The lowest BCUT2D eigenvalue weighted by Gasteiger charge is -2.23. The van der Waals surface area contributed by atoms with Crippen LogP contribution in [0.15, 0.2) is 76.2 Å². The van der Waals surface area contributed by atoms with Crippen LogP contribution in [0.25, 0.3) is 0 Å². The van der Waals surface area contributed by atoms with Crippen LogP contribution in [0.2, 0.25) is 0 Å². The highest BCUT2D eigenvalue weighted by Gasteiger charge is 2.49. The molecule has 0 saturated carbocycles. The molecule has 0 radical (unpaired) electrons. The van der Waals surface area contributed by atoms with E-state index in [1.807, 2.05) is 67.6 Å². The minimum atomic E-state index is 0.0736. The van der Waals surface area contributed by atoms with Crippen LogP contribution < -0.4 is 4.59 Å². The van der Waals surface area contributed by atoms with Crippen LogP contribution in [0.3, 0.4) is 0 Å². The maximum absolute atomic E-state index is 4.77. The van der Waals surface area contributed by atoms with Gasteiger partial charge in [-0.25, -0.2) is 0 Å². The van der Waals surface area contributed by atoms with Gasteiger partial charge in [0.2, 0.25) is 0 Å². The number of para-hydroxylation sites is 1. The number of aryl methyl sites for hydroxylation is 2. The van der Waals surface area contributed by atoms with Crippen LogP contribution in [-0.4, -0.2) is 10.8 Å². The Balaban J connectivity index is 1.98. The summed E-state index contributed by atoms with van der Waals surface area (Å²) >= 11 is 1.63. The van der Waals surface area contributed by atoms with E-state index in [1.165, 1.54) is 4.88 Å². The predicted octanol–water partition coefficient (Wildman–Crippen LogP) is 5.14. The molecule has 2 aromatic carbocycles. The smallest absolute Gasteiger partial charge is 0.188 e. The van der Waals surface area contributed by atoms with E-state index in [0.29, 0.717) is 0 Å². The number of hydrogen-bond donors (Lipinski definition) is 0. The lowest BCUT2D eigenvalue weighted by Crippen LogP contribution is -2.43. The van der Waals surface area contributed by atoms with Gasteiger partial charge in [-0.05, 0) is 30.6 Å². The molecule has 0 amide bonds. The molecule has 24 heavy (non-hydrogen) atoms. The summed E-state index contributed by atoms with van der Waals surface area (Å²) in [4.78, 5) is 5.95. The number of hydrogen-bond acceptors (Lipinski definition) is 5. The Hall–Kier alpha value is -2.70. The first kappa shape index (κ1) is 14.9. The highest BCUT2D eigenvalue weighted by atomic mass is 32.1. The van der Waals surface area contributed by atoms with Crippen molar-refractivity contribution in [1.82, 2.24) is 9.58 Å². The third kappa shape index (κ3) is 2.19. The molecule has 1 aliphatic heterocycles. The Kier molecular flexibility index (Phi) is 3.55. The fraction of sp³-hybridized carbons (Fsp3) is 0.111. The third-order valence-corrected chi connectivity index (χ3v) is 5.22. The van der Waals surface area contributed by atoms with Gasteiger partial charge in [-0.15, -0.1) is 0 Å². The zero-order valence-corrected chi connectivity index (χ0v) is 14.2. The Morgan fingerprint density at radius 2 is 1.54 bits per heavy atom. The Labute approximate surface area is 144 Å². The molecule has 1 aromatic heterocycles. The van der Waals surface area contributed by atoms with E-state index in [-0.39, 0.29) is 4.59 Å². The fourth-order valence-corrected chi connectivity index (χ4v) is 3.72. The molecule has 5 nitrogen and oxygen atoms in total. The van der Waals surface area contributed by atoms with Crippen molar-refractivity contribution < 1.29 is 0 Å². The monoisotopic (exact) mass is 334 g/mol. The molecule has 0 aliphatic carbocycles. The summed E-state index contributed by atoms with van der Waals surface area (Å²) in [6.45, 7) is 4.09. The van der Waals surface area contributed by atoms with Crippen LogP contribution in [0, 0.1) is 13.8 Å². The van der Waals surface area contributed by atoms with Gasteiger partial charge in [0.25, 0.3) is 5.84 Å². The van der Waals surface area contributed by atoms with Gasteiger partial charge < -0.3 is 0 Å². The molecule has 1 aliphatic rings. The molecule has 3 aromatic rings. The Bertz CT molecular complexity index is 911. The highest BCUT2D eigenvalue weighted by molar-refractivity contribution is 7.15. The van der Waals surface area contributed by atoms with Crippen molar-refractivity contribution in [2.75, 3.05) is 0 Å². The molecule has 1 unspecified atom stereocenters. The summed E-state index contributed by atoms with van der Waals surface area (Å²) in [6.07, 6.45) is 0. The maximum Gasteiger partial charge on any atom is 0.327 e. The Morgan fingerprint density at radius 1 is 0.875 bits per heavy atom. The zero-order chi connectivity index (χ0) is 16.6. The quantitative estimate of drug-likeness (QED) is 0.612. The van der Waals surface area contributed by atoms with E-state index in [4.69, 9.17) is 4.98 Å². The number of amidine groups is 1. The van der Waals surface area contributed by atoms with Crippen molar-refractivity contribution in [3.63, 3.8) is 0 Å². The summed E-state index contributed by atoms with van der Waals surface area (Å²) in [5.41, 5.74) is 2.96. The van der Waals surface area contributed by atoms with Gasteiger partial charge in [0.15, 0.2) is 5.69 Å². The average molecular weight is 334 g/mol. The van der Waals surface area contributed by atoms with Crippen LogP contribution in [0.5, 0.6) is 0 Å². The third-order valence-electron chi connectivity index (χ3n) is 4.08. The first-order valence-corrected chi connectivity index (χ1v) is 8.49. The molecule has 6 heteroatoms. The minimum Gasteiger partial charge on any atom is -0.188 e. The van der Waals surface area contributed by atoms with E-state index in [1.54, 1.807) is 11.3 Å². The maximum atomic E-state index is 4.77. The van der Waals surface area contributed by atoms with Crippen LogP contribution in [-0.2, 0) is 0 Å². The SMILES string of the molecule is Cc1nc([N+]2(c3ccccc3)N=NN=C2c2ccccc2)sc1C. The van der Waals surface area contributed by atoms with E-state index in [9.17, 15) is 0 Å². The average Bonchev–Trinajstić information content (AvgIpc) is 3.21. The molecule has 1 atom stereocenters. The second-order valence-corrected chi connectivity index (χ2v) is 6.76. The van der Waals surface area contributed by atoms with E-state index < -0.39 is 0 Å². The largest absolute Gasteiger partial charge is 0.327 e. The normalized spacial score (nSPS) is 19.5. The van der Waals surface area contributed by atoms with Crippen LogP contribution >= 0.6 is 11.3 Å². The lowest BCUT2D eigenvalue weighted by atomic mass is 10.1. The van der Waals surface area contributed by atoms with Gasteiger partial charge in [0.1, 0.15) is 0 Å². The minimum absolute atomic E-state index is 0.0736. The molecular formula is C18H16N5S+. The standard InChI is InChI=1S/C18H16N5S/c1-13-14(2)24-18(19-13)23(16-11-7-4-8-12-16)17(20-21-22-23)15-9-5-3-6-10-15/h3-12H,1-2H3/q+1. The van der Waals surface area contributed by atoms with Crippen molar-refractivity contribution >= 4 is 28.0 Å². The van der Waals surface area contributed by atoms with Gasteiger partial charge in [0, 0.05) is 22.2 Å². The number of nitrogens with zero attached hydrogens (tertiary/aromatic N) is 5.